The van der Waals surface area contributed by atoms with E-state index in [-0.39, 0.29) is 0 Å². The van der Waals surface area contributed by atoms with Crippen LogP contribution in [-0.2, 0) is 21.3 Å². The molecule has 0 aliphatic carbocycles. The first kappa shape index (κ1) is 26.6. The number of nitrogens with one attached hydrogen (secondary N) is 3. The monoisotopic (exact) mass is 551 g/mol. The first-order chi connectivity index (χ1) is 18.9. The fourth-order valence-corrected chi connectivity index (χ4v) is 5.72. The van der Waals surface area contributed by atoms with Gasteiger partial charge in [-0.05, 0) is 36.8 Å². The Kier molecular flexibility index (Phi) is 7.75. The van der Waals surface area contributed by atoms with Crippen molar-refractivity contribution in [3.05, 3.63) is 60.3 Å². The van der Waals surface area contributed by atoms with Gasteiger partial charge in [0, 0.05) is 44.1 Å². The van der Waals surface area contributed by atoms with Gasteiger partial charge in [0.05, 0.1) is 43.3 Å². The second-order valence-corrected chi connectivity index (χ2v) is 11.1. The highest BCUT2D eigenvalue weighted by Gasteiger charge is 2.19. The van der Waals surface area contributed by atoms with Gasteiger partial charge in [0.2, 0.25) is 16.0 Å². The van der Waals surface area contributed by atoms with Crippen molar-refractivity contribution in [1.82, 2.24) is 15.0 Å². The lowest BCUT2D eigenvalue weighted by Crippen LogP contribution is -2.36. The molecule has 1 aliphatic heterocycles. The molecule has 0 saturated carbocycles. The molecular formula is C27H33N7O4S. The molecule has 1 saturated heterocycles. The maximum absolute atomic E-state index is 12.4. The smallest absolute Gasteiger partial charge is 0.232 e. The maximum Gasteiger partial charge on any atom is 0.232 e. The lowest BCUT2D eigenvalue weighted by Gasteiger charge is -2.29. The van der Waals surface area contributed by atoms with E-state index in [1.54, 1.807) is 7.11 Å². The van der Waals surface area contributed by atoms with Crippen molar-refractivity contribution in [3.8, 4) is 5.75 Å². The molecule has 3 heterocycles. The Balaban J connectivity index is 1.41. The van der Waals surface area contributed by atoms with Crippen LogP contribution in [0.5, 0.6) is 5.75 Å². The minimum atomic E-state index is -3.41. The Hall–Kier alpha value is -4.03. The average Bonchev–Trinajstić information content (AvgIpc) is 3.41. The Bertz CT molecular complexity index is 1550. The number of rotatable bonds is 10. The van der Waals surface area contributed by atoms with Gasteiger partial charge in [0.15, 0.2) is 0 Å². The normalized spacial score (nSPS) is 13.9. The van der Waals surface area contributed by atoms with Crippen molar-refractivity contribution in [3.63, 3.8) is 0 Å². The third kappa shape index (κ3) is 5.86. The van der Waals surface area contributed by atoms with Crippen LogP contribution in [0.2, 0.25) is 0 Å². The quantitative estimate of drug-likeness (QED) is 0.269. The van der Waals surface area contributed by atoms with Gasteiger partial charge in [0.25, 0.3) is 0 Å². The van der Waals surface area contributed by atoms with E-state index in [1.807, 2.05) is 61.7 Å². The number of sulfonamides is 1. The molecule has 2 aromatic heterocycles. The van der Waals surface area contributed by atoms with Crippen molar-refractivity contribution in [1.29, 1.82) is 0 Å². The standard InChI is InChI=1S/C27H33N7O4S/c1-4-34(39(3,35)36)23-8-6-5-7-19(23)18-29-26-21-11-12-28-25(21)31-27(32-26)30-22-10-9-20(17-24(22)37-2)33-13-15-38-16-14-33/h5-12,17H,4,13-16,18H2,1-3H3,(H3,28,29,30,31,32). The van der Waals surface area contributed by atoms with Crippen molar-refractivity contribution in [2.45, 2.75) is 13.5 Å². The SMILES string of the molecule is CCN(c1ccccc1CNc1nc(Nc2ccc(N3CCOCC3)cc2OC)nc2[nH]ccc12)S(C)(=O)=O. The molecule has 1 aliphatic rings. The van der Waals surface area contributed by atoms with E-state index in [4.69, 9.17) is 14.5 Å². The van der Waals surface area contributed by atoms with Gasteiger partial charge in [0.1, 0.15) is 17.2 Å². The predicted octanol–water partition coefficient (Wildman–Crippen LogP) is 3.94. The lowest BCUT2D eigenvalue weighted by atomic mass is 10.1. The third-order valence-electron chi connectivity index (χ3n) is 6.62. The molecule has 2 aromatic carbocycles. The van der Waals surface area contributed by atoms with Gasteiger partial charge < -0.3 is 30.0 Å². The van der Waals surface area contributed by atoms with Gasteiger partial charge in [-0.25, -0.2) is 8.42 Å². The molecule has 0 bridgehead atoms. The maximum atomic E-state index is 12.4. The van der Waals surface area contributed by atoms with E-state index in [2.05, 4.69) is 25.5 Å². The van der Waals surface area contributed by atoms with Crippen molar-refractivity contribution in [2.24, 2.45) is 0 Å². The number of aromatic amines is 1. The molecule has 1 fully saturated rings. The highest BCUT2D eigenvalue weighted by atomic mass is 32.2. The summed E-state index contributed by atoms with van der Waals surface area (Å²) in [5.41, 5.74) is 3.94. The molecule has 12 heteroatoms. The first-order valence-corrected chi connectivity index (χ1v) is 14.6. The molecule has 4 aromatic rings. The highest BCUT2D eigenvalue weighted by molar-refractivity contribution is 7.92. The number of anilines is 5. The summed E-state index contributed by atoms with van der Waals surface area (Å²) in [6, 6.07) is 15.3. The molecular weight excluding hydrogens is 518 g/mol. The number of nitrogens with zero attached hydrogens (tertiary/aromatic N) is 4. The van der Waals surface area contributed by atoms with E-state index in [1.165, 1.54) is 10.6 Å². The molecule has 39 heavy (non-hydrogen) atoms. The average molecular weight is 552 g/mol. The molecule has 5 rings (SSSR count). The van der Waals surface area contributed by atoms with Crippen LogP contribution in [0.4, 0.5) is 28.8 Å². The minimum absolute atomic E-state index is 0.339. The second kappa shape index (κ2) is 11.4. The zero-order valence-electron chi connectivity index (χ0n) is 22.3. The first-order valence-electron chi connectivity index (χ1n) is 12.8. The number of benzene rings is 2. The fraction of sp³-hybridized carbons (Fsp3) is 0.333. The summed E-state index contributed by atoms with van der Waals surface area (Å²) >= 11 is 0. The second-order valence-electron chi connectivity index (χ2n) is 9.15. The fourth-order valence-electron chi connectivity index (χ4n) is 4.72. The summed E-state index contributed by atoms with van der Waals surface area (Å²) in [6.07, 6.45) is 3.02. The van der Waals surface area contributed by atoms with Gasteiger partial charge in [-0.15, -0.1) is 0 Å². The van der Waals surface area contributed by atoms with Crippen LogP contribution in [-0.4, -0.2) is 69.6 Å². The van der Waals surface area contributed by atoms with Crippen LogP contribution < -0.4 is 24.6 Å². The van der Waals surface area contributed by atoms with Crippen LogP contribution in [0, 0.1) is 0 Å². The molecule has 11 nitrogen and oxygen atoms in total. The van der Waals surface area contributed by atoms with Crippen LogP contribution in [0.25, 0.3) is 11.0 Å². The van der Waals surface area contributed by atoms with Crippen molar-refractivity contribution < 1.29 is 17.9 Å². The van der Waals surface area contributed by atoms with Gasteiger partial charge in [-0.3, -0.25) is 4.31 Å². The molecule has 3 N–H and O–H groups in total. The number of ether oxygens (including phenoxy) is 2. The van der Waals surface area contributed by atoms with Crippen LogP contribution >= 0.6 is 0 Å². The minimum Gasteiger partial charge on any atom is -0.494 e. The number of aromatic nitrogens is 3. The van der Waals surface area contributed by atoms with E-state index in [9.17, 15) is 8.42 Å². The topological polar surface area (TPSA) is 125 Å². The molecule has 0 unspecified atom stereocenters. The molecule has 0 radical (unpaired) electrons. The number of methoxy groups -OCH3 is 1. The number of morpholine rings is 1. The molecule has 0 spiro atoms. The summed E-state index contributed by atoms with van der Waals surface area (Å²) in [5.74, 6) is 1.69. The molecule has 206 valence electrons. The van der Waals surface area contributed by atoms with Gasteiger partial charge >= 0.3 is 0 Å². The van der Waals surface area contributed by atoms with Crippen LogP contribution in [0.3, 0.4) is 0 Å². The lowest BCUT2D eigenvalue weighted by molar-refractivity contribution is 0.122. The Morgan fingerprint density at radius 3 is 2.67 bits per heavy atom. The summed E-state index contributed by atoms with van der Waals surface area (Å²) in [4.78, 5) is 14.8. The van der Waals surface area contributed by atoms with Crippen molar-refractivity contribution in [2.75, 3.05) is 66.1 Å². The third-order valence-corrected chi connectivity index (χ3v) is 7.87. The number of para-hydroxylation sites is 1. The van der Waals surface area contributed by atoms with Gasteiger partial charge in [-0.2, -0.15) is 9.97 Å². The highest BCUT2D eigenvalue weighted by Crippen LogP contribution is 2.33. The molecule has 0 atom stereocenters. The Morgan fingerprint density at radius 2 is 1.92 bits per heavy atom. The summed E-state index contributed by atoms with van der Waals surface area (Å²) in [5, 5.41) is 7.50. The van der Waals surface area contributed by atoms with Gasteiger partial charge in [-0.1, -0.05) is 18.2 Å². The van der Waals surface area contributed by atoms with Crippen LogP contribution in [0.15, 0.2) is 54.7 Å². The number of fused-ring (bicyclic) bond motifs is 1. The zero-order chi connectivity index (χ0) is 27.4. The largest absolute Gasteiger partial charge is 0.494 e. The summed E-state index contributed by atoms with van der Waals surface area (Å²) in [7, 11) is -1.78. The summed E-state index contributed by atoms with van der Waals surface area (Å²) in [6.45, 7) is 5.61. The summed E-state index contributed by atoms with van der Waals surface area (Å²) < 4.78 is 37.3. The van der Waals surface area contributed by atoms with E-state index in [0.717, 1.165) is 35.4 Å². The van der Waals surface area contributed by atoms with Crippen molar-refractivity contribution >= 4 is 49.9 Å². The number of H-pyrrole nitrogens is 1. The van der Waals surface area contributed by atoms with E-state index < -0.39 is 10.0 Å². The van der Waals surface area contributed by atoms with Crippen LogP contribution in [0.1, 0.15) is 12.5 Å². The van der Waals surface area contributed by atoms with E-state index >= 15 is 0 Å². The number of hydrogen-bond acceptors (Lipinski definition) is 9. The molecule has 0 amide bonds. The van der Waals surface area contributed by atoms with E-state index in [0.29, 0.717) is 55.2 Å². The zero-order valence-corrected chi connectivity index (χ0v) is 23.1. The Labute approximate surface area is 228 Å². The number of hydrogen-bond donors (Lipinski definition) is 3. The Morgan fingerprint density at radius 1 is 1.13 bits per heavy atom. The predicted molar refractivity (Wildman–Crippen MR) is 155 cm³/mol.